The van der Waals surface area contributed by atoms with Crippen LogP contribution in [0.4, 0.5) is 0 Å². The third-order valence-electron chi connectivity index (χ3n) is 4.78. The average Bonchev–Trinajstić information content (AvgIpc) is 2.56. The topological polar surface area (TPSA) is 0 Å². The molecular formula is C21H34Sn. The Morgan fingerprint density at radius 2 is 1.32 bits per heavy atom. The first-order valence-electron chi connectivity index (χ1n) is 9.26. The molecule has 1 rings (SSSR count). The standard InChI is InChI=1S/C9H7.3C4H9.Sn/c1-2-6-9-7-4-3-5-8-9;3*1-3-4-2;/h3-5,7H,1H3;3*1,3-4H2,2H3;. The Morgan fingerprint density at radius 3 is 1.77 bits per heavy atom. The number of unbranched alkanes of at least 4 members (excludes halogenated alkanes) is 3. The second-order valence-electron chi connectivity index (χ2n) is 6.51. The molecule has 0 bridgehead atoms. The van der Waals surface area contributed by atoms with Gasteiger partial charge in [0.1, 0.15) is 0 Å². The van der Waals surface area contributed by atoms with Gasteiger partial charge in [0.2, 0.25) is 0 Å². The summed E-state index contributed by atoms with van der Waals surface area (Å²) < 4.78 is 6.29. The van der Waals surface area contributed by atoms with Gasteiger partial charge in [-0.15, -0.1) is 0 Å². The summed E-state index contributed by atoms with van der Waals surface area (Å²) in [6.07, 6.45) is 8.24. The molecule has 0 N–H and O–H groups in total. The molecule has 0 unspecified atom stereocenters. The van der Waals surface area contributed by atoms with Crippen molar-refractivity contribution in [2.45, 2.75) is 79.5 Å². The SMILES string of the molecule is CC#Cc1cccc[c]1[Sn]([CH2]CCC)([CH2]CCC)[CH2]CCC. The number of hydrogen-bond donors (Lipinski definition) is 0. The van der Waals surface area contributed by atoms with E-state index < -0.39 is 18.4 Å². The molecule has 0 aliphatic carbocycles. The molecule has 0 saturated heterocycles. The van der Waals surface area contributed by atoms with Gasteiger partial charge >= 0.3 is 143 Å². The van der Waals surface area contributed by atoms with Crippen LogP contribution in [0.2, 0.25) is 13.3 Å². The second-order valence-corrected chi connectivity index (χ2v) is 19.6. The summed E-state index contributed by atoms with van der Waals surface area (Å²) in [4.78, 5) is 0. The van der Waals surface area contributed by atoms with Gasteiger partial charge in [0, 0.05) is 0 Å². The van der Waals surface area contributed by atoms with Gasteiger partial charge in [-0.25, -0.2) is 0 Å². The molecule has 1 heteroatoms. The van der Waals surface area contributed by atoms with E-state index >= 15 is 0 Å². The molecule has 0 aromatic heterocycles. The third kappa shape index (κ3) is 5.65. The second kappa shape index (κ2) is 11.2. The van der Waals surface area contributed by atoms with E-state index in [1.54, 1.807) is 3.58 Å². The Labute approximate surface area is 143 Å². The molecule has 0 aliphatic heterocycles. The van der Waals surface area contributed by atoms with Crippen LogP contribution in [0.3, 0.4) is 0 Å². The number of benzene rings is 1. The first-order valence-corrected chi connectivity index (χ1v) is 16.7. The molecule has 0 saturated carbocycles. The molecular weight excluding hydrogens is 371 g/mol. The minimum absolute atomic E-state index is 1.33. The van der Waals surface area contributed by atoms with E-state index in [-0.39, 0.29) is 0 Å². The molecule has 122 valence electrons. The molecule has 22 heavy (non-hydrogen) atoms. The minimum atomic E-state index is -2.32. The van der Waals surface area contributed by atoms with Gasteiger partial charge in [0.05, 0.1) is 0 Å². The maximum absolute atomic E-state index is 3.41. The van der Waals surface area contributed by atoms with Gasteiger partial charge in [0.15, 0.2) is 0 Å². The first-order chi connectivity index (χ1) is 10.7. The molecule has 0 spiro atoms. The normalized spacial score (nSPS) is 11.1. The van der Waals surface area contributed by atoms with Gasteiger partial charge in [-0.2, -0.15) is 0 Å². The molecule has 0 aliphatic rings. The van der Waals surface area contributed by atoms with Crippen molar-refractivity contribution in [3.8, 4) is 11.8 Å². The van der Waals surface area contributed by atoms with E-state index in [1.807, 2.05) is 6.92 Å². The van der Waals surface area contributed by atoms with Gasteiger partial charge in [-0.3, -0.25) is 0 Å². The fourth-order valence-electron chi connectivity index (χ4n) is 3.51. The fourth-order valence-corrected chi connectivity index (χ4v) is 20.1. The zero-order valence-corrected chi connectivity index (χ0v) is 18.0. The van der Waals surface area contributed by atoms with Crippen molar-refractivity contribution < 1.29 is 0 Å². The van der Waals surface area contributed by atoms with Crippen LogP contribution in [0.25, 0.3) is 0 Å². The van der Waals surface area contributed by atoms with E-state index in [0.717, 1.165) is 0 Å². The molecule has 0 atom stereocenters. The Bertz CT molecular complexity index is 456. The summed E-state index contributed by atoms with van der Waals surface area (Å²) in [6, 6.07) is 9.13. The van der Waals surface area contributed by atoms with Gasteiger partial charge in [0.25, 0.3) is 0 Å². The molecule has 0 radical (unpaired) electrons. The zero-order chi connectivity index (χ0) is 16.3. The third-order valence-corrected chi connectivity index (χ3v) is 20.5. The van der Waals surface area contributed by atoms with Crippen molar-refractivity contribution >= 4 is 22.0 Å². The van der Waals surface area contributed by atoms with E-state index in [0.29, 0.717) is 0 Å². The van der Waals surface area contributed by atoms with Crippen LogP contribution in [0.1, 0.15) is 71.8 Å². The zero-order valence-electron chi connectivity index (χ0n) is 15.2. The van der Waals surface area contributed by atoms with Crippen molar-refractivity contribution in [2.75, 3.05) is 0 Å². The predicted molar refractivity (Wildman–Crippen MR) is 104 cm³/mol. The van der Waals surface area contributed by atoms with Crippen molar-refractivity contribution in [2.24, 2.45) is 0 Å². The van der Waals surface area contributed by atoms with Crippen LogP contribution >= 0.6 is 0 Å². The molecule has 1 aromatic carbocycles. The number of rotatable bonds is 10. The summed E-state index contributed by atoms with van der Waals surface area (Å²) in [7, 11) is 0. The molecule has 0 heterocycles. The van der Waals surface area contributed by atoms with E-state index in [2.05, 4.69) is 56.9 Å². The molecule has 0 fully saturated rings. The fraction of sp³-hybridized carbons (Fsp3) is 0.619. The van der Waals surface area contributed by atoms with Gasteiger partial charge in [-0.1, -0.05) is 0 Å². The van der Waals surface area contributed by atoms with E-state index in [1.165, 1.54) is 57.4 Å². The van der Waals surface area contributed by atoms with Crippen LogP contribution in [0.15, 0.2) is 24.3 Å². The van der Waals surface area contributed by atoms with Crippen molar-refractivity contribution in [1.29, 1.82) is 0 Å². The van der Waals surface area contributed by atoms with Crippen LogP contribution in [-0.4, -0.2) is 18.4 Å². The summed E-state index contributed by atoms with van der Waals surface area (Å²) in [5, 5.41) is 0. The average molecular weight is 405 g/mol. The van der Waals surface area contributed by atoms with Crippen molar-refractivity contribution in [3.05, 3.63) is 29.8 Å². The molecule has 1 aromatic rings. The predicted octanol–water partition coefficient (Wildman–Crippen LogP) is 6.11. The van der Waals surface area contributed by atoms with Gasteiger partial charge in [-0.05, 0) is 0 Å². The Kier molecular flexibility index (Phi) is 9.96. The van der Waals surface area contributed by atoms with E-state index in [4.69, 9.17) is 0 Å². The molecule has 0 amide bonds. The Morgan fingerprint density at radius 1 is 0.818 bits per heavy atom. The van der Waals surface area contributed by atoms with Crippen LogP contribution in [0, 0.1) is 11.8 Å². The summed E-state index contributed by atoms with van der Waals surface area (Å²) in [5.41, 5.74) is 1.35. The monoisotopic (exact) mass is 406 g/mol. The Hall–Kier alpha value is -0.421. The van der Waals surface area contributed by atoms with Crippen molar-refractivity contribution in [3.63, 3.8) is 0 Å². The maximum atomic E-state index is 3.41. The molecule has 0 nitrogen and oxygen atoms in total. The van der Waals surface area contributed by atoms with Gasteiger partial charge < -0.3 is 0 Å². The first kappa shape index (κ1) is 19.6. The quantitative estimate of drug-likeness (QED) is 0.325. The Balaban J connectivity index is 3.26. The van der Waals surface area contributed by atoms with Crippen molar-refractivity contribution in [1.82, 2.24) is 0 Å². The van der Waals surface area contributed by atoms with Crippen LogP contribution < -0.4 is 3.58 Å². The van der Waals surface area contributed by atoms with Crippen LogP contribution in [0.5, 0.6) is 0 Å². The number of hydrogen-bond acceptors (Lipinski definition) is 0. The van der Waals surface area contributed by atoms with E-state index in [9.17, 15) is 0 Å². The summed E-state index contributed by atoms with van der Waals surface area (Å²) in [6.45, 7) is 8.99. The summed E-state index contributed by atoms with van der Waals surface area (Å²) >= 11 is -2.32. The summed E-state index contributed by atoms with van der Waals surface area (Å²) in [5.74, 6) is 6.56. The van der Waals surface area contributed by atoms with Crippen LogP contribution in [-0.2, 0) is 0 Å².